The van der Waals surface area contributed by atoms with Gasteiger partial charge in [0.25, 0.3) is 5.91 Å². The molecule has 0 unspecified atom stereocenters. The summed E-state index contributed by atoms with van der Waals surface area (Å²) in [6.07, 6.45) is 2.11. The van der Waals surface area contributed by atoms with Crippen LogP contribution in [0, 0.1) is 13.8 Å². The van der Waals surface area contributed by atoms with Gasteiger partial charge in [-0.3, -0.25) is 4.79 Å². The van der Waals surface area contributed by atoms with Crippen molar-refractivity contribution in [3.8, 4) is 5.75 Å². The molecular weight excluding hydrogens is 354 g/mol. The van der Waals surface area contributed by atoms with E-state index in [0.717, 1.165) is 34.3 Å². The minimum atomic E-state index is -0.127. The van der Waals surface area contributed by atoms with Crippen LogP contribution in [0.15, 0.2) is 40.9 Å². The Bertz CT molecular complexity index is 698. The number of halogens is 1. The fourth-order valence-corrected chi connectivity index (χ4v) is 2.73. The molecule has 0 spiro atoms. The molecule has 0 saturated carbocycles. The molecule has 0 bridgehead atoms. The van der Waals surface area contributed by atoms with Crippen molar-refractivity contribution in [2.75, 3.05) is 11.9 Å². The van der Waals surface area contributed by atoms with Crippen molar-refractivity contribution in [1.29, 1.82) is 0 Å². The average Bonchev–Trinajstić information content (AvgIpc) is 2.51. The zero-order valence-electron chi connectivity index (χ0n) is 13.8. The van der Waals surface area contributed by atoms with Crippen LogP contribution in [-0.4, -0.2) is 12.5 Å². The maximum absolute atomic E-state index is 12.4. The van der Waals surface area contributed by atoms with Crippen LogP contribution < -0.4 is 10.1 Å². The summed E-state index contributed by atoms with van der Waals surface area (Å²) in [5, 5.41) is 2.95. The smallest absolute Gasteiger partial charge is 0.255 e. The van der Waals surface area contributed by atoms with Crippen LogP contribution in [0.2, 0.25) is 0 Å². The van der Waals surface area contributed by atoms with Crippen LogP contribution >= 0.6 is 15.9 Å². The number of nitrogens with one attached hydrogen (secondary N) is 1. The van der Waals surface area contributed by atoms with Crippen molar-refractivity contribution < 1.29 is 9.53 Å². The van der Waals surface area contributed by atoms with Crippen molar-refractivity contribution in [3.05, 3.63) is 57.6 Å². The molecular formula is C19H22BrNO2. The van der Waals surface area contributed by atoms with Crippen molar-refractivity contribution in [2.45, 2.75) is 33.6 Å². The van der Waals surface area contributed by atoms with Crippen LogP contribution in [-0.2, 0) is 0 Å². The summed E-state index contributed by atoms with van der Waals surface area (Å²) in [6.45, 7) is 6.83. The second-order valence-corrected chi connectivity index (χ2v) is 6.47. The minimum absolute atomic E-state index is 0.127. The fourth-order valence-electron chi connectivity index (χ4n) is 2.23. The van der Waals surface area contributed by atoms with Crippen LogP contribution in [0.3, 0.4) is 0 Å². The number of carbonyl (C=O) groups is 1. The number of rotatable bonds is 6. The number of unbranched alkanes of at least 4 members (excludes halogenated alkanes) is 1. The van der Waals surface area contributed by atoms with Crippen LogP contribution in [0.4, 0.5) is 5.69 Å². The second-order valence-electron chi connectivity index (χ2n) is 5.62. The third-order valence-electron chi connectivity index (χ3n) is 3.58. The molecule has 23 heavy (non-hydrogen) atoms. The number of amides is 1. The third-order valence-corrected chi connectivity index (χ3v) is 4.20. The molecule has 1 amide bonds. The molecule has 0 fully saturated rings. The van der Waals surface area contributed by atoms with E-state index >= 15 is 0 Å². The molecule has 0 atom stereocenters. The van der Waals surface area contributed by atoms with Gasteiger partial charge in [0.05, 0.1) is 11.1 Å². The molecule has 1 N–H and O–H groups in total. The normalized spacial score (nSPS) is 10.4. The molecule has 2 aromatic rings. The van der Waals surface area contributed by atoms with E-state index in [1.807, 2.05) is 32.0 Å². The molecule has 0 radical (unpaired) electrons. The maximum Gasteiger partial charge on any atom is 0.255 e. The van der Waals surface area contributed by atoms with Crippen LogP contribution in [0.1, 0.15) is 41.3 Å². The predicted octanol–water partition coefficient (Wildman–Crippen LogP) is 5.50. The molecule has 122 valence electrons. The van der Waals surface area contributed by atoms with Gasteiger partial charge in [-0.05, 0) is 66.0 Å². The van der Waals surface area contributed by atoms with Gasteiger partial charge in [-0.15, -0.1) is 0 Å². The maximum atomic E-state index is 12.4. The highest BCUT2D eigenvalue weighted by molar-refractivity contribution is 9.10. The zero-order chi connectivity index (χ0) is 16.8. The van der Waals surface area contributed by atoms with Gasteiger partial charge in [-0.1, -0.05) is 31.0 Å². The Morgan fingerprint density at radius 1 is 1.17 bits per heavy atom. The Morgan fingerprint density at radius 2 is 1.96 bits per heavy atom. The van der Waals surface area contributed by atoms with E-state index in [1.165, 1.54) is 5.56 Å². The van der Waals surface area contributed by atoms with Gasteiger partial charge in [-0.25, -0.2) is 0 Å². The fraction of sp³-hybridized carbons (Fsp3) is 0.316. The number of hydrogen-bond acceptors (Lipinski definition) is 2. The van der Waals surface area contributed by atoms with E-state index in [4.69, 9.17) is 4.74 Å². The van der Waals surface area contributed by atoms with Gasteiger partial charge >= 0.3 is 0 Å². The predicted molar refractivity (Wildman–Crippen MR) is 98.4 cm³/mol. The first-order valence-corrected chi connectivity index (χ1v) is 8.61. The quantitative estimate of drug-likeness (QED) is 0.677. The van der Waals surface area contributed by atoms with E-state index in [9.17, 15) is 4.79 Å². The number of aryl methyl sites for hydroxylation is 2. The Balaban J connectivity index is 2.09. The minimum Gasteiger partial charge on any atom is -0.492 e. The summed E-state index contributed by atoms with van der Waals surface area (Å²) < 4.78 is 6.48. The van der Waals surface area contributed by atoms with Crippen molar-refractivity contribution in [2.24, 2.45) is 0 Å². The highest BCUT2D eigenvalue weighted by Gasteiger charge is 2.11. The van der Waals surface area contributed by atoms with Crippen LogP contribution in [0.25, 0.3) is 0 Å². The largest absolute Gasteiger partial charge is 0.492 e. The molecule has 2 aromatic carbocycles. The van der Waals surface area contributed by atoms with Crippen molar-refractivity contribution in [1.82, 2.24) is 0 Å². The SMILES string of the molecule is CCCCOc1ccc(C(=O)Nc2ccc(C)cc2C)cc1Br. The van der Waals surface area contributed by atoms with Crippen LogP contribution in [0.5, 0.6) is 5.75 Å². The number of benzene rings is 2. The summed E-state index contributed by atoms with van der Waals surface area (Å²) in [7, 11) is 0. The number of anilines is 1. The lowest BCUT2D eigenvalue weighted by atomic mass is 10.1. The lowest BCUT2D eigenvalue weighted by Crippen LogP contribution is -2.13. The Labute approximate surface area is 146 Å². The third kappa shape index (κ3) is 4.83. The average molecular weight is 376 g/mol. The molecule has 3 nitrogen and oxygen atoms in total. The van der Waals surface area contributed by atoms with Gasteiger partial charge in [0, 0.05) is 11.3 Å². The first-order chi connectivity index (χ1) is 11.0. The Hall–Kier alpha value is -1.81. The number of carbonyl (C=O) groups excluding carboxylic acids is 1. The van der Waals surface area contributed by atoms with E-state index in [-0.39, 0.29) is 5.91 Å². The molecule has 0 heterocycles. The highest BCUT2D eigenvalue weighted by Crippen LogP contribution is 2.27. The molecule has 2 rings (SSSR count). The zero-order valence-corrected chi connectivity index (χ0v) is 15.4. The summed E-state index contributed by atoms with van der Waals surface area (Å²) in [5.74, 6) is 0.638. The van der Waals surface area contributed by atoms with E-state index in [2.05, 4.69) is 34.2 Å². The summed E-state index contributed by atoms with van der Waals surface area (Å²) in [5.41, 5.74) is 3.66. The Kier molecular flexibility index (Phi) is 6.22. The first-order valence-electron chi connectivity index (χ1n) is 7.82. The topological polar surface area (TPSA) is 38.3 Å². The first kappa shape index (κ1) is 17.5. The van der Waals surface area contributed by atoms with Crippen molar-refractivity contribution >= 4 is 27.5 Å². The van der Waals surface area contributed by atoms with Gasteiger partial charge in [-0.2, -0.15) is 0 Å². The summed E-state index contributed by atoms with van der Waals surface area (Å²) in [4.78, 5) is 12.4. The summed E-state index contributed by atoms with van der Waals surface area (Å²) >= 11 is 3.47. The van der Waals surface area contributed by atoms with Gasteiger partial charge in [0.2, 0.25) is 0 Å². The Morgan fingerprint density at radius 3 is 2.61 bits per heavy atom. The van der Waals surface area contributed by atoms with E-state index < -0.39 is 0 Å². The van der Waals surface area contributed by atoms with Gasteiger partial charge < -0.3 is 10.1 Å². The number of hydrogen-bond donors (Lipinski definition) is 1. The lowest BCUT2D eigenvalue weighted by Gasteiger charge is -2.11. The molecule has 0 aliphatic heterocycles. The van der Waals surface area contributed by atoms with E-state index in [1.54, 1.807) is 12.1 Å². The second kappa shape index (κ2) is 8.16. The van der Waals surface area contributed by atoms with E-state index in [0.29, 0.717) is 12.2 Å². The molecule has 0 saturated heterocycles. The van der Waals surface area contributed by atoms with Crippen molar-refractivity contribution in [3.63, 3.8) is 0 Å². The van der Waals surface area contributed by atoms with Gasteiger partial charge in [0.1, 0.15) is 5.75 Å². The standard InChI is InChI=1S/C19H22BrNO2/c1-4-5-10-23-18-9-7-15(12-16(18)20)19(22)21-17-8-6-13(2)11-14(17)3/h6-9,11-12H,4-5,10H2,1-3H3,(H,21,22). The lowest BCUT2D eigenvalue weighted by molar-refractivity contribution is 0.102. The summed E-state index contributed by atoms with van der Waals surface area (Å²) in [6, 6.07) is 11.4. The highest BCUT2D eigenvalue weighted by atomic mass is 79.9. The van der Waals surface area contributed by atoms with Gasteiger partial charge in [0.15, 0.2) is 0 Å². The molecule has 4 heteroatoms. The molecule has 0 aliphatic carbocycles. The molecule has 0 aromatic heterocycles. The number of ether oxygens (including phenoxy) is 1. The molecule has 0 aliphatic rings. The monoisotopic (exact) mass is 375 g/mol.